The molecular weight excluding hydrogens is 265 g/mol. The smallest absolute Gasteiger partial charge is 0.399 e. The standard InChI is InChI=1S/C13H18BN3O2.C2H6/c1-12(2)13(3,4)19-14(18-12)9-6-7-10-11(8-9)17(5)16-15-10;1-2/h6-8H,1-5H3;1-2H3. The lowest BCUT2D eigenvalue weighted by atomic mass is 9.79. The highest BCUT2D eigenvalue weighted by Gasteiger charge is 2.51. The van der Waals surface area contributed by atoms with Crippen molar-refractivity contribution in [3.05, 3.63) is 18.2 Å². The Bertz CT molecular complexity index is 621. The van der Waals surface area contributed by atoms with Crippen molar-refractivity contribution in [3.63, 3.8) is 0 Å². The monoisotopic (exact) mass is 289 g/mol. The van der Waals surface area contributed by atoms with Crippen LogP contribution in [0.3, 0.4) is 0 Å². The van der Waals surface area contributed by atoms with Crippen LogP contribution in [0.25, 0.3) is 11.0 Å². The van der Waals surface area contributed by atoms with Crippen LogP contribution in [0.15, 0.2) is 18.2 Å². The summed E-state index contributed by atoms with van der Waals surface area (Å²) in [5.41, 5.74) is 2.21. The van der Waals surface area contributed by atoms with Crippen molar-refractivity contribution in [1.29, 1.82) is 0 Å². The molecule has 0 aliphatic carbocycles. The summed E-state index contributed by atoms with van der Waals surface area (Å²) >= 11 is 0. The number of hydrogen-bond acceptors (Lipinski definition) is 4. The Balaban J connectivity index is 0.000000774. The van der Waals surface area contributed by atoms with E-state index in [1.54, 1.807) is 4.68 Å². The number of rotatable bonds is 1. The van der Waals surface area contributed by atoms with Gasteiger partial charge in [-0.25, -0.2) is 4.68 Å². The van der Waals surface area contributed by atoms with Gasteiger partial charge in [0.1, 0.15) is 5.52 Å². The van der Waals surface area contributed by atoms with Gasteiger partial charge in [-0.1, -0.05) is 25.1 Å². The van der Waals surface area contributed by atoms with Crippen molar-refractivity contribution in [1.82, 2.24) is 15.0 Å². The van der Waals surface area contributed by atoms with Gasteiger partial charge in [0.2, 0.25) is 0 Å². The van der Waals surface area contributed by atoms with Crippen LogP contribution in [-0.2, 0) is 16.4 Å². The zero-order valence-corrected chi connectivity index (χ0v) is 14.0. The third-order valence-electron chi connectivity index (χ3n) is 4.16. The van der Waals surface area contributed by atoms with Crippen molar-refractivity contribution < 1.29 is 9.31 Å². The molecular formula is C15H24BN3O2. The fourth-order valence-electron chi connectivity index (χ4n) is 2.17. The summed E-state index contributed by atoms with van der Waals surface area (Å²) in [4.78, 5) is 0. The zero-order valence-electron chi connectivity index (χ0n) is 14.0. The largest absolute Gasteiger partial charge is 0.494 e. The molecule has 1 fully saturated rings. The van der Waals surface area contributed by atoms with E-state index in [-0.39, 0.29) is 18.3 Å². The molecule has 21 heavy (non-hydrogen) atoms. The van der Waals surface area contributed by atoms with Gasteiger partial charge in [-0.3, -0.25) is 0 Å². The Morgan fingerprint density at radius 3 is 2.19 bits per heavy atom. The molecule has 6 heteroatoms. The summed E-state index contributed by atoms with van der Waals surface area (Å²) in [5, 5.41) is 8.08. The van der Waals surface area contributed by atoms with E-state index in [0.29, 0.717) is 0 Å². The molecule has 0 spiro atoms. The van der Waals surface area contributed by atoms with E-state index in [0.717, 1.165) is 16.5 Å². The van der Waals surface area contributed by atoms with Crippen LogP contribution >= 0.6 is 0 Å². The van der Waals surface area contributed by atoms with E-state index in [4.69, 9.17) is 9.31 Å². The minimum Gasteiger partial charge on any atom is -0.399 e. The van der Waals surface area contributed by atoms with Crippen molar-refractivity contribution >= 4 is 23.6 Å². The normalized spacial score (nSPS) is 19.5. The van der Waals surface area contributed by atoms with E-state index >= 15 is 0 Å². The van der Waals surface area contributed by atoms with Crippen LogP contribution < -0.4 is 5.46 Å². The zero-order chi connectivity index (χ0) is 15.8. The first kappa shape index (κ1) is 16.0. The summed E-state index contributed by atoms with van der Waals surface area (Å²) < 4.78 is 13.8. The molecule has 114 valence electrons. The molecule has 2 aromatic rings. The van der Waals surface area contributed by atoms with Crippen molar-refractivity contribution in [2.45, 2.75) is 52.7 Å². The van der Waals surface area contributed by atoms with Gasteiger partial charge in [-0.2, -0.15) is 0 Å². The van der Waals surface area contributed by atoms with Crippen molar-refractivity contribution in [2.24, 2.45) is 7.05 Å². The van der Waals surface area contributed by atoms with E-state index in [9.17, 15) is 0 Å². The van der Waals surface area contributed by atoms with Gasteiger partial charge in [0, 0.05) is 7.05 Å². The topological polar surface area (TPSA) is 49.2 Å². The molecule has 0 radical (unpaired) electrons. The molecule has 0 amide bonds. The van der Waals surface area contributed by atoms with Crippen LogP contribution in [0, 0.1) is 0 Å². The summed E-state index contributed by atoms with van der Waals surface area (Å²) in [5.74, 6) is 0. The fraction of sp³-hybridized carbons (Fsp3) is 0.600. The Kier molecular flexibility index (Phi) is 4.13. The molecule has 0 unspecified atom stereocenters. The summed E-state index contributed by atoms with van der Waals surface area (Å²) in [6.07, 6.45) is 0. The molecule has 0 saturated carbocycles. The minimum atomic E-state index is -0.343. The number of benzene rings is 1. The highest BCUT2D eigenvalue weighted by molar-refractivity contribution is 6.62. The second-order valence-corrected chi connectivity index (χ2v) is 6.05. The van der Waals surface area contributed by atoms with Gasteiger partial charge in [0.15, 0.2) is 0 Å². The maximum absolute atomic E-state index is 6.04. The van der Waals surface area contributed by atoms with Crippen LogP contribution in [0.1, 0.15) is 41.5 Å². The number of fused-ring (bicyclic) bond motifs is 1. The predicted molar refractivity (Wildman–Crippen MR) is 85.6 cm³/mol. The first-order valence-electron chi connectivity index (χ1n) is 7.45. The lowest BCUT2D eigenvalue weighted by Gasteiger charge is -2.32. The molecule has 1 aliphatic rings. The number of nitrogens with zero attached hydrogens (tertiary/aromatic N) is 3. The van der Waals surface area contributed by atoms with Gasteiger partial charge in [0.25, 0.3) is 0 Å². The van der Waals surface area contributed by atoms with Gasteiger partial charge in [-0.15, -0.1) is 5.10 Å². The van der Waals surface area contributed by atoms with Gasteiger partial charge >= 0.3 is 7.12 Å². The molecule has 0 atom stereocenters. The Morgan fingerprint density at radius 1 is 1.05 bits per heavy atom. The molecule has 1 aromatic carbocycles. The fourth-order valence-corrected chi connectivity index (χ4v) is 2.17. The molecule has 3 rings (SSSR count). The van der Waals surface area contributed by atoms with Gasteiger partial charge in [0.05, 0.1) is 16.7 Å². The average Bonchev–Trinajstić information content (AvgIpc) is 2.90. The lowest BCUT2D eigenvalue weighted by molar-refractivity contribution is 0.00578. The quantitative estimate of drug-likeness (QED) is 0.756. The van der Waals surface area contributed by atoms with Crippen LogP contribution in [-0.4, -0.2) is 33.3 Å². The maximum Gasteiger partial charge on any atom is 0.494 e. The summed E-state index contributed by atoms with van der Waals surface area (Å²) in [6, 6.07) is 5.96. The molecule has 2 heterocycles. The number of hydrogen-bond donors (Lipinski definition) is 0. The average molecular weight is 289 g/mol. The third kappa shape index (κ3) is 2.70. The number of aromatic nitrogens is 3. The Labute approximate surface area is 126 Å². The second kappa shape index (κ2) is 5.42. The highest BCUT2D eigenvalue weighted by Crippen LogP contribution is 2.36. The summed E-state index contributed by atoms with van der Waals surface area (Å²) in [6.45, 7) is 12.2. The Hall–Kier alpha value is -1.40. The molecule has 0 N–H and O–H groups in total. The predicted octanol–water partition coefficient (Wildman–Crippen LogP) is 2.29. The minimum absolute atomic E-state index is 0.322. The molecule has 1 saturated heterocycles. The molecule has 0 bridgehead atoms. The first-order valence-corrected chi connectivity index (χ1v) is 7.45. The molecule has 5 nitrogen and oxygen atoms in total. The van der Waals surface area contributed by atoms with Gasteiger partial charge in [-0.05, 0) is 45.3 Å². The highest BCUT2D eigenvalue weighted by atomic mass is 16.7. The van der Waals surface area contributed by atoms with Crippen LogP contribution in [0.2, 0.25) is 0 Å². The van der Waals surface area contributed by atoms with Crippen LogP contribution in [0.5, 0.6) is 0 Å². The molecule has 1 aromatic heterocycles. The number of aryl methyl sites for hydroxylation is 1. The maximum atomic E-state index is 6.04. The van der Waals surface area contributed by atoms with Crippen molar-refractivity contribution in [2.75, 3.05) is 0 Å². The molecule has 1 aliphatic heterocycles. The SMILES string of the molecule is CC.Cn1nnc2ccc(B3OC(C)(C)C(C)(C)O3)cc21. The van der Waals surface area contributed by atoms with Crippen LogP contribution in [0.4, 0.5) is 0 Å². The lowest BCUT2D eigenvalue weighted by Crippen LogP contribution is -2.41. The second-order valence-electron chi connectivity index (χ2n) is 6.05. The summed E-state index contributed by atoms with van der Waals surface area (Å²) in [7, 11) is 1.54. The van der Waals surface area contributed by atoms with E-state index in [1.165, 1.54) is 0 Å². The third-order valence-corrected chi connectivity index (χ3v) is 4.16. The van der Waals surface area contributed by atoms with Crippen molar-refractivity contribution in [3.8, 4) is 0 Å². The first-order chi connectivity index (χ1) is 9.80. The van der Waals surface area contributed by atoms with E-state index in [2.05, 4.69) is 38.0 Å². The van der Waals surface area contributed by atoms with E-state index in [1.807, 2.05) is 39.1 Å². The van der Waals surface area contributed by atoms with E-state index < -0.39 is 0 Å². The Morgan fingerprint density at radius 2 is 1.62 bits per heavy atom. The van der Waals surface area contributed by atoms with Gasteiger partial charge < -0.3 is 9.31 Å².